The van der Waals surface area contributed by atoms with Crippen LogP contribution in [0.15, 0.2) is 42.5 Å². The van der Waals surface area contributed by atoms with E-state index in [1.165, 1.54) is 6.42 Å². The third kappa shape index (κ3) is 2.78. The van der Waals surface area contributed by atoms with E-state index in [0.29, 0.717) is 12.6 Å². The summed E-state index contributed by atoms with van der Waals surface area (Å²) in [5.74, 6) is 0.853. The lowest BCUT2D eigenvalue weighted by Gasteiger charge is -2.14. The Hall–Kier alpha value is -2.40. The monoisotopic (exact) mass is 423 g/mol. The van der Waals surface area contributed by atoms with Gasteiger partial charge in [-0.1, -0.05) is 23.2 Å². The average molecular weight is 424 g/mol. The van der Waals surface area contributed by atoms with Gasteiger partial charge in [0.05, 0.1) is 11.0 Å². The summed E-state index contributed by atoms with van der Waals surface area (Å²) in [6.07, 6.45) is 2.34. The van der Waals surface area contributed by atoms with Crippen LogP contribution < -0.4 is 10.1 Å². The number of hydrogen-bond acceptors (Lipinski definition) is 2. The van der Waals surface area contributed by atoms with Crippen LogP contribution in [0.1, 0.15) is 12.8 Å². The first-order chi connectivity index (χ1) is 14.2. The van der Waals surface area contributed by atoms with Gasteiger partial charge in [-0.15, -0.1) is 0 Å². The van der Waals surface area contributed by atoms with Gasteiger partial charge >= 0.3 is 0 Å². The minimum absolute atomic E-state index is 0.387. The number of H-pyrrole nitrogens is 2. The van der Waals surface area contributed by atoms with Crippen molar-refractivity contribution in [3.63, 3.8) is 0 Å². The molecule has 5 aromatic rings. The third-order valence-electron chi connectivity index (χ3n) is 5.94. The number of ether oxygens (including phenoxy) is 1. The number of hydrogen-bond donors (Lipinski definition) is 3. The van der Waals surface area contributed by atoms with Crippen LogP contribution in [-0.4, -0.2) is 29.2 Å². The molecule has 29 heavy (non-hydrogen) atoms. The van der Waals surface area contributed by atoms with Gasteiger partial charge < -0.3 is 20.0 Å². The van der Waals surface area contributed by atoms with E-state index in [1.54, 1.807) is 0 Å². The third-order valence-corrected chi connectivity index (χ3v) is 6.41. The molecule has 2 aromatic heterocycles. The van der Waals surface area contributed by atoms with Crippen LogP contribution in [0.4, 0.5) is 0 Å². The van der Waals surface area contributed by atoms with E-state index < -0.39 is 0 Å². The van der Waals surface area contributed by atoms with Crippen molar-refractivity contribution in [1.29, 1.82) is 0 Å². The van der Waals surface area contributed by atoms with Crippen molar-refractivity contribution in [2.75, 3.05) is 13.2 Å². The first kappa shape index (κ1) is 17.5. The molecule has 1 aliphatic rings. The first-order valence-electron chi connectivity index (χ1n) is 9.88. The second kappa shape index (κ2) is 6.56. The molecule has 146 valence electrons. The van der Waals surface area contributed by atoms with E-state index in [1.807, 2.05) is 36.4 Å². The van der Waals surface area contributed by atoms with Crippen molar-refractivity contribution in [2.45, 2.75) is 18.9 Å². The SMILES string of the molecule is Clc1ccc2[nH]c3c(OC[C@H]4CCCN4)c4[nH]c5ccc(Cl)cc5c4cc3c2c1. The van der Waals surface area contributed by atoms with Crippen molar-refractivity contribution in [3.05, 3.63) is 52.5 Å². The summed E-state index contributed by atoms with van der Waals surface area (Å²) >= 11 is 12.6. The Balaban J connectivity index is 1.66. The Labute approximate surface area is 177 Å². The van der Waals surface area contributed by atoms with Gasteiger partial charge in [-0.2, -0.15) is 0 Å². The summed E-state index contributed by atoms with van der Waals surface area (Å²) in [4.78, 5) is 7.09. The van der Waals surface area contributed by atoms with Gasteiger partial charge in [0.1, 0.15) is 6.61 Å². The van der Waals surface area contributed by atoms with Crippen LogP contribution in [0, 0.1) is 0 Å². The summed E-state index contributed by atoms with van der Waals surface area (Å²) in [5.41, 5.74) is 4.07. The number of rotatable bonds is 3. The zero-order chi connectivity index (χ0) is 19.5. The molecule has 1 saturated heterocycles. The van der Waals surface area contributed by atoms with Crippen molar-refractivity contribution < 1.29 is 4.74 Å². The number of halogens is 2. The first-order valence-corrected chi connectivity index (χ1v) is 10.6. The lowest BCUT2D eigenvalue weighted by Crippen LogP contribution is -2.28. The smallest absolute Gasteiger partial charge is 0.167 e. The molecule has 6 heteroatoms. The fourth-order valence-electron chi connectivity index (χ4n) is 4.52. The highest BCUT2D eigenvalue weighted by Crippen LogP contribution is 2.41. The highest BCUT2D eigenvalue weighted by molar-refractivity contribution is 6.33. The van der Waals surface area contributed by atoms with E-state index in [-0.39, 0.29) is 0 Å². The van der Waals surface area contributed by atoms with Crippen molar-refractivity contribution in [2.24, 2.45) is 0 Å². The summed E-state index contributed by atoms with van der Waals surface area (Å²) < 4.78 is 6.45. The van der Waals surface area contributed by atoms with Gasteiger partial charge in [0.25, 0.3) is 0 Å². The Morgan fingerprint density at radius 2 is 1.45 bits per heavy atom. The Morgan fingerprint density at radius 1 is 0.828 bits per heavy atom. The van der Waals surface area contributed by atoms with Crippen LogP contribution in [0.5, 0.6) is 5.75 Å². The summed E-state index contributed by atoms with van der Waals surface area (Å²) in [7, 11) is 0. The summed E-state index contributed by atoms with van der Waals surface area (Å²) in [5, 5.41) is 9.34. The zero-order valence-corrected chi connectivity index (χ0v) is 17.1. The maximum atomic E-state index is 6.45. The molecule has 3 heterocycles. The number of aromatic amines is 2. The van der Waals surface area contributed by atoms with Crippen molar-refractivity contribution in [3.8, 4) is 5.75 Å². The van der Waals surface area contributed by atoms with E-state index in [9.17, 15) is 0 Å². The molecule has 0 saturated carbocycles. The molecule has 1 aliphatic heterocycles. The van der Waals surface area contributed by atoms with Crippen LogP contribution in [0.2, 0.25) is 10.0 Å². The van der Waals surface area contributed by atoms with Gasteiger partial charge in [0.15, 0.2) is 5.75 Å². The molecule has 4 nitrogen and oxygen atoms in total. The number of aromatic nitrogens is 2. The molecule has 0 aliphatic carbocycles. The van der Waals surface area contributed by atoms with Gasteiger partial charge in [-0.05, 0) is 61.9 Å². The molecule has 3 N–H and O–H groups in total. The second-order valence-corrected chi connectivity index (χ2v) is 8.66. The second-order valence-electron chi connectivity index (χ2n) is 7.78. The molecule has 0 amide bonds. The molecule has 1 fully saturated rings. The molecule has 1 atom stereocenters. The maximum Gasteiger partial charge on any atom is 0.167 e. The predicted octanol–water partition coefficient (Wildman–Crippen LogP) is 6.39. The normalized spacial score (nSPS) is 17.2. The molecular weight excluding hydrogens is 405 g/mol. The fraction of sp³-hybridized carbons (Fsp3) is 0.217. The maximum absolute atomic E-state index is 6.45. The molecule has 0 bridgehead atoms. The average Bonchev–Trinajstić information content (AvgIpc) is 3.43. The van der Waals surface area contributed by atoms with Crippen LogP contribution in [0.25, 0.3) is 43.6 Å². The van der Waals surface area contributed by atoms with Crippen molar-refractivity contribution in [1.82, 2.24) is 15.3 Å². The molecule has 3 aromatic carbocycles. The highest BCUT2D eigenvalue weighted by atomic mass is 35.5. The molecule has 0 radical (unpaired) electrons. The summed E-state index contributed by atoms with van der Waals surface area (Å²) in [6, 6.07) is 14.4. The summed E-state index contributed by atoms with van der Waals surface area (Å²) in [6.45, 7) is 1.70. The standard InChI is InChI=1S/C23H19Cl2N3O/c24-12-3-5-19-15(8-12)17-10-18-16-9-13(25)4-6-20(16)28-22(18)23(21(17)27-19)29-11-14-2-1-7-26-14/h3-6,8-10,14,26-28H,1-2,7,11H2/t14-/m1/s1. The van der Waals surface area contributed by atoms with E-state index >= 15 is 0 Å². The van der Waals surface area contributed by atoms with Crippen LogP contribution >= 0.6 is 23.2 Å². The quantitative estimate of drug-likeness (QED) is 0.314. The zero-order valence-electron chi connectivity index (χ0n) is 15.6. The van der Waals surface area contributed by atoms with Crippen LogP contribution in [-0.2, 0) is 0 Å². The largest absolute Gasteiger partial charge is 0.488 e. The lowest BCUT2D eigenvalue weighted by atomic mass is 10.1. The molecular formula is C23H19Cl2N3O. The number of nitrogens with one attached hydrogen (secondary N) is 3. The molecule has 0 unspecified atom stereocenters. The van der Waals surface area contributed by atoms with Gasteiger partial charge in [-0.3, -0.25) is 0 Å². The molecule has 0 spiro atoms. The van der Waals surface area contributed by atoms with Gasteiger partial charge in [0, 0.05) is 48.7 Å². The van der Waals surface area contributed by atoms with Gasteiger partial charge in [0.2, 0.25) is 0 Å². The van der Waals surface area contributed by atoms with E-state index in [4.69, 9.17) is 27.9 Å². The molecule has 6 rings (SSSR count). The van der Waals surface area contributed by atoms with Gasteiger partial charge in [-0.25, -0.2) is 0 Å². The Morgan fingerprint density at radius 3 is 2.00 bits per heavy atom. The fourth-order valence-corrected chi connectivity index (χ4v) is 4.87. The Bertz CT molecular complexity index is 1300. The lowest BCUT2D eigenvalue weighted by molar-refractivity contribution is 0.282. The topological polar surface area (TPSA) is 52.8 Å². The van der Waals surface area contributed by atoms with E-state index in [0.717, 1.165) is 72.4 Å². The van der Waals surface area contributed by atoms with E-state index in [2.05, 4.69) is 21.4 Å². The highest BCUT2D eigenvalue weighted by Gasteiger charge is 2.20. The minimum atomic E-state index is 0.387. The number of benzene rings is 3. The Kier molecular flexibility index (Phi) is 3.95. The van der Waals surface area contributed by atoms with Crippen molar-refractivity contribution >= 4 is 66.8 Å². The predicted molar refractivity (Wildman–Crippen MR) is 122 cm³/mol. The number of fused-ring (bicyclic) bond motifs is 6. The minimum Gasteiger partial charge on any atom is -0.488 e. The van der Waals surface area contributed by atoms with Crippen LogP contribution in [0.3, 0.4) is 0 Å².